The zero-order valence-corrected chi connectivity index (χ0v) is 17.9. The molecule has 0 aliphatic heterocycles. The highest BCUT2D eigenvalue weighted by molar-refractivity contribution is 5.98. The number of nitrogens with zero attached hydrogens (tertiary/aromatic N) is 3. The van der Waals surface area contributed by atoms with E-state index in [2.05, 4.69) is 20.6 Å². The summed E-state index contributed by atoms with van der Waals surface area (Å²) in [5, 5.41) is 10.9. The fraction of sp³-hybridized carbons (Fsp3) is 0.333. The number of hydrogen-bond donors (Lipinski definition) is 2. The summed E-state index contributed by atoms with van der Waals surface area (Å²) in [4.78, 5) is 29.9. The first-order valence-electron chi connectivity index (χ1n) is 11.0. The van der Waals surface area contributed by atoms with Gasteiger partial charge in [0.05, 0.1) is 18.0 Å². The highest BCUT2D eigenvalue weighted by atomic mass is 16.5. The van der Waals surface area contributed by atoms with Gasteiger partial charge in [0.15, 0.2) is 5.65 Å². The summed E-state index contributed by atoms with van der Waals surface area (Å²) < 4.78 is 6.86. The fourth-order valence-electron chi connectivity index (χ4n) is 4.40. The largest absolute Gasteiger partial charge is 0.497 e. The zero-order valence-electron chi connectivity index (χ0n) is 17.9. The van der Waals surface area contributed by atoms with Gasteiger partial charge in [0.25, 0.3) is 11.5 Å². The smallest absolute Gasteiger partial charge is 0.281 e. The normalized spacial score (nSPS) is 15.0. The second-order valence-corrected chi connectivity index (χ2v) is 8.26. The molecule has 2 aromatic carbocycles. The van der Waals surface area contributed by atoms with Crippen LogP contribution < -0.4 is 15.6 Å². The van der Waals surface area contributed by atoms with Crippen LogP contribution in [0.15, 0.2) is 47.3 Å². The van der Waals surface area contributed by atoms with Crippen LogP contribution in [-0.2, 0) is 0 Å². The quantitative estimate of drug-likeness (QED) is 0.480. The van der Waals surface area contributed by atoms with Crippen LogP contribution in [0.2, 0.25) is 0 Å². The Morgan fingerprint density at radius 3 is 2.56 bits per heavy atom. The van der Waals surface area contributed by atoms with Gasteiger partial charge in [-0.15, -0.1) is 0 Å². The number of rotatable bonds is 4. The molecule has 8 heteroatoms. The van der Waals surface area contributed by atoms with Crippen molar-refractivity contribution in [2.24, 2.45) is 0 Å². The van der Waals surface area contributed by atoms with E-state index in [4.69, 9.17) is 4.74 Å². The average molecular weight is 431 g/mol. The van der Waals surface area contributed by atoms with E-state index in [9.17, 15) is 9.59 Å². The van der Waals surface area contributed by atoms with Gasteiger partial charge in [0, 0.05) is 17.2 Å². The Labute approximate surface area is 184 Å². The first kappa shape index (κ1) is 20.2. The molecule has 0 radical (unpaired) electrons. The Balaban J connectivity index is 1.54. The molecule has 5 rings (SSSR count). The fourth-order valence-corrected chi connectivity index (χ4v) is 4.40. The summed E-state index contributed by atoms with van der Waals surface area (Å²) in [7, 11) is 1.61. The molecular weight excluding hydrogens is 406 g/mol. The highest BCUT2D eigenvalue weighted by Crippen LogP contribution is 2.25. The van der Waals surface area contributed by atoms with Gasteiger partial charge in [0.1, 0.15) is 11.4 Å². The molecule has 4 aromatic rings. The van der Waals surface area contributed by atoms with Gasteiger partial charge < -0.3 is 10.1 Å². The number of methoxy groups -OCH3 is 1. The van der Waals surface area contributed by atoms with Crippen molar-refractivity contribution >= 4 is 22.5 Å². The van der Waals surface area contributed by atoms with Gasteiger partial charge in [-0.3, -0.25) is 9.59 Å². The van der Waals surface area contributed by atoms with Crippen molar-refractivity contribution in [1.82, 2.24) is 25.1 Å². The molecule has 2 heterocycles. The molecule has 0 atom stereocenters. The second kappa shape index (κ2) is 8.45. The van der Waals surface area contributed by atoms with Crippen LogP contribution in [0.1, 0.15) is 48.9 Å². The second-order valence-electron chi connectivity index (χ2n) is 8.26. The van der Waals surface area contributed by atoms with Gasteiger partial charge >= 0.3 is 0 Å². The van der Waals surface area contributed by atoms with Crippen LogP contribution in [0.25, 0.3) is 27.8 Å². The molecule has 0 spiro atoms. The monoisotopic (exact) mass is 431 g/mol. The summed E-state index contributed by atoms with van der Waals surface area (Å²) in [5.74, 6) is 0.611. The van der Waals surface area contributed by atoms with Crippen molar-refractivity contribution in [2.75, 3.05) is 7.11 Å². The summed E-state index contributed by atoms with van der Waals surface area (Å²) in [5.41, 5.74) is 2.50. The lowest BCUT2D eigenvalue weighted by molar-refractivity contribution is 0.0933. The van der Waals surface area contributed by atoms with E-state index < -0.39 is 0 Å². The number of hydrogen-bond acceptors (Lipinski definition) is 5. The predicted molar refractivity (Wildman–Crippen MR) is 122 cm³/mol. The van der Waals surface area contributed by atoms with Gasteiger partial charge in [0.2, 0.25) is 0 Å². The van der Waals surface area contributed by atoms with Crippen LogP contribution in [0.3, 0.4) is 0 Å². The molecule has 1 fully saturated rings. The minimum Gasteiger partial charge on any atom is -0.497 e. The third-order valence-corrected chi connectivity index (χ3v) is 6.18. The molecule has 0 unspecified atom stereocenters. The number of amides is 1. The SMILES string of the molecule is COc1ccc(-c2n[nH]n3c2nc(=O)c2ccc(C(=O)NC4CCCCCC4)cc23)cc1. The van der Waals surface area contributed by atoms with Crippen LogP contribution in [0.4, 0.5) is 0 Å². The number of nitrogens with one attached hydrogen (secondary N) is 2. The topological polar surface area (TPSA) is 101 Å². The van der Waals surface area contributed by atoms with Crippen LogP contribution >= 0.6 is 0 Å². The van der Waals surface area contributed by atoms with Gasteiger partial charge in [-0.1, -0.05) is 25.7 Å². The lowest BCUT2D eigenvalue weighted by Gasteiger charge is -2.16. The van der Waals surface area contributed by atoms with Crippen molar-refractivity contribution in [3.8, 4) is 17.0 Å². The number of fused-ring (bicyclic) bond motifs is 3. The van der Waals surface area contributed by atoms with Crippen molar-refractivity contribution in [3.05, 3.63) is 58.4 Å². The van der Waals surface area contributed by atoms with Crippen molar-refractivity contribution in [1.29, 1.82) is 0 Å². The first-order valence-corrected chi connectivity index (χ1v) is 11.0. The molecule has 1 saturated carbocycles. The van der Waals surface area contributed by atoms with Gasteiger partial charge in [-0.25, -0.2) is 9.73 Å². The molecule has 1 amide bonds. The van der Waals surface area contributed by atoms with E-state index in [1.165, 1.54) is 12.8 Å². The summed E-state index contributed by atoms with van der Waals surface area (Å²) in [6, 6.07) is 12.7. The minimum absolute atomic E-state index is 0.119. The molecule has 2 aromatic heterocycles. The van der Waals surface area contributed by atoms with Crippen molar-refractivity contribution in [3.63, 3.8) is 0 Å². The Hall–Kier alpha value is -3.68. The Kier molecular flexibility index (Phi) is 5.34. The van der Waals surface area contributed by atoms with Crippen molar-refractivity contribution < 1.29 is 9.53 Å². The molecule has 0 bridgehead atoms. The number of aromatic nitrogens is 4. The summed E-state index contributed by atoms with van der Waals surface area (Å²) >= 11 is 0. The third-order valence-electron chi connectivity index (χ3n) is 6.18. The number of carbonyl (C=O) groups is 1. The molecule has 1 aliphatic carbocycles. The number of H-pyrrole nitrogens is 1. The highest BCUT2D eigenvalue weighted by Gasteiger charge is 2.18. The van der Waals surface area contributed by atoms with Crippen LogP contribution in [0, 0.1) is 0 Å². The van der Waals surface area contributed by atoms with E-state index in [0.29, 0.717) is 27.8 Å². The Bertz CT molecular complexity index is 1330. The predicted octanol–water partition coefficient (Wildman–Crippen LogP) is 3.70. The molecule has 8 nitrogen and oxygen atoms in total. The first-order chi connectivity index (χ1) is 15.6. The molecule has 1 aliphatic rings. The number of benzene rings is 2. The summed E-state index contributed by atoms with van der Waals surface area (Å²) in [6.45, 7) is 0. The van der Waals surface area contributed by atoms with E-state index in [1.807, 2.05) is 24.3 Å². The van der Waals surface area contributed by atoms with Crippen LogP contribution in [-0.4, -0.2) is 38.9 Å². The Morgan fingerprint density at radius 1 is 1.09 bits per heavy atom. The maximum Gasteiger partial charge on any atom is 0.281 e. The number of carbonyl (C=O) groups excluding carboxylic acids is 1. The third kappa shape index (κ3) is 3.72. The molecular formula is C24H25N5O3. The standard InChI is InChI=1S/C24H25N5O3/c1-32-18-11-8-15(9-12-18)21-22-26-24(31)19-13-10-16(14-20(19)29(22)28-27-21)23(30)25-17-6-4-2-3-5-7-17/h8-14,17,28H,2-7H2,1H3,(H,25,30). The van der Waals surface area contributed by atoms with E-state index >= 15 is 0 Å². The van der Waals surface area contributed by atoms with Gasteiger partial charge in [-0.2, -0.15) is 10.1 Å². The van der Waals surface area contributed by atoms with Crippen LogP contribution in [0.5, 0.6) is 5.75 Å². The molecule has 164 valence electrons. The number of ether oxygens (including phenoxy) is 1. The Morgan fingerprint density at radius 2 is 1.84 bits per heavy atom. The molecule has 0 saturated heterocycles. The van der Waals surface area contributed by atoms with Gasteiger partial charge in [-0.05, 0) is 55.3 Å². The minimum atomic E-state index is -0.355. The average Bonchev–Trinajstić information content (AvgIpc) is 3.07. The maximum atomic E-state index is 12.9. The number of aromatic amines is 1. The summed E-state index contributed by atoms with van der Waals surface area (Å²) in [6.07, 6.45) is 6.77. The zero-order chi connectivity index (χ0) is 22.1. The van der Waals surface area contributed by atoms with E-state index in [0.717, 1.165) is 37.0 Å². The molecule has 32 heavy (non-hydrogen) atoms. The lowest BCUT2D eigenvalue weighted by Crippen LogP contribution is -2.34. The van der Waals surface area contributed by atoms with E-state index in [-0.39, 0.29) is 17.5 Å². The molecule has 2 N–H and O–H groups in total. The maximum absolute atomic E-state index is 12.9. The van der Waals surface area contributed by atoms with Crippen molar-refractivity contribution in [2.45, 2.75) is 44.6 Å². The van der Waals surface area contributed by atoms with E-state index in [1.54, 1.807) is 29.8 Å². The lowest BCUT2D eigenvalue weighted by atomic mass is 10.1.